The van der Waals surface area contributed by atoms with Crippen molar-refractivity contribution in [2.45, 2.75) is 0 Å². The number of hydrogen-bond acceptors (Lipinski definition) is 2. The van der Waals surface area contributed by atoms with E-state index in [1.807, 2.05) is 30.3 Å². The fraction of sp³-hybridized carbons (Fsp3) is 0.0714. The standard InChI is InChI=1S/C14H11N2O/c1-17-14-7-6-11(9-15-14)13-8-10-4-2-3-5-12(10)16-13/h3-9,16H,1H3. The van der Waals surface area contributed by atoms with Crippen LogP contribution in [-0.2, 0) is 0 Å². The predicted molar refractivity (Wildman–Crippen MR) is 66.9 cm³/mol. The first-order chi connectivity index (χ1) is 8.36. The molecule has 83 valence electrons. The topological polar surface area (TPSA) is 37.9 Å². The summed E-state index contributed by atoms with van der Waals surface area (Å²) in [5.74, 6) is 0.623. The van der Waals surface area contributed by atoms with Gasteiger partial charge in [0.25, 0.3) is 0 Å². The Morgan fingerprint density at radius 3 is 2.94 bits per heavy atom. The van der Waals surface area contributed by atoms with Crippen LogP contribution < -0.4 is 4.74 Å². The third-order valence-electron chi connectivity index (χ3n) is 2.72. The molecule has 1 radical (unpaired) electrons. The molecule has 1 N–H and O–H groups in total. The van der Waals surface area contributed by atoms with E-state index >= 15 is 0 Å². The van der Waals surface area contributed by atoms with Crippen LogP contribution in [0, 0.1) is 6.07 Å². The van der Waals surface area contributed by atoms with Crippen molar-refractivity contribution in [1.29, 1.82) is 0 Å². The average molecular weight is 223 g/mol. The first-order valence-electron chi connectivity index (χ1n) is 5.36. The van der Waals surface area contributed by atoms with Crippen LogP contribution in [0.3, 0.4) is 0 Å². The van der Waals surface area contributed by atoms with Crippen LogP contribution in [-0.4, -0.2) is 17.1 Å². The Morgan fingerprint density at radius 1 is 1.29 bits per heavy atom. The molecule has 3 heteroatoms. The summed E-state index contributed by atoms with van der Waals surface area (Å²) in [5.41, 5.74) is 3.20. The summed E-state index contributed by atoms with van der Waals surface area (Å²) in [7, 11) is 1.61. The number of methoxy groups -OCH3 is 1. The number of pyridine rings is 1. The number of nitrogens with zero attached hydrogens (tertiary/aromatic N) is 1. The number of ether oxygens (including phenoxy) is 1. The maximum Gasteiger partial charge on any atom is 0.212 e. The number of aromatic amines is 1. The predicted octanol–water partition coefficient (Wildman–Crippen LogP) is 3.04. The maximum atomic E-state index is 5.04. The molecular weight excluding hydrogens is 212 g/mol. The summed E-state index contributed by atoms with van der Waals surface area (Å²) in [6.45, 7) is 0. The molecule has 2 heterocycles. The van der Waals surface area contributed by atoms with Crippen LogP contribution in [0.4, 0.5) is 0 Å². The van der Waals surface area contributed by atoms with E-state index in [4.69, 9.17) is 4.74 Å². The Labute approximate surface area is 99.1 Å². The van der Waals surface area contributed by atoms with E-state index in [1.165, 1.54) is 0 Å². The van der Waals surface area contributed by atoms with Crippen molar-refractivity contribution in [3.8, 4) is 17.1 Å². The van der Waals surface area contributed by atoms with Gasteiger partial charge in [-0.1, -0.05) is 6.07 Å². The second-order valence-corrected chi connectivity index (χ2v) is 3.79. The van der Waals surface area contributed by atoms with Crippen molar-refractivity contribution < 1.29 is 4.74 Å². The molecule has 0 aliphatic carbocycles. The molecule has 0 bridgehead atoms. The van der Waals surface area contributed by atoms with Gasteiger partial charge in [0.15, 0.2) is 0 Å². The van der Waals surface area contributed by atoms with E-state index < -0.39 is 0 Å². The summed E-state index contributed by atoms with van der Waals surface area (Å²) in [6.07, 6.45) is 1.80. The van der Waals surface area contributed by atoms with E-state index in [1.54, 1.807) is 13.3 Å². The molecule has 0 unspecified atom stereocenters. The largest absolute Gasteiger partial charge is 0.481 e. The van der Waals surface area contributed by atoms with Crippen LogP contribution in [0.25, 0.3) is 22.2 Å². The van der Waals surface area contributed by atoms with Crippen molar-refractivity contribution >= 4 is 10.9 Å². The van der Waals surface area contributed by atoms with Crippen LogP contribution in [0.5, 0.6) is 5.88 Å². The number of rotatable bonds is 2. The molecule has 0 saturated carbocycles. The van der Waals surface area contributed by atoms with Crippen molar-refractivity contribution in [3.63, 3.8) is 0 Å². The summed E-state index contributed by atoms with van der Waals surface area (Å²) < 4.78 is 5.04. The van der Waals surface area contributed by atoms with Crippen molar-refractivity contribution in [3.05, 3.63) is 48.7 Å². The summed E-state index contributed by atoms with van der Waals surface area (Å²) in [6, 6.07) is 14.9. The molecular formula is C14H11N2O. The molecule has 2 aromatic heterocycles. The number of H-pyrrole nitrogens is 1. The lowest BCUT2D eigenvalue weighted by atomic mass is 10.2. The van der Waals surface area contributed by atoms with Gasteiger partial charge in [-0.15, -0.1) is 0 Å². The smallest absolute Gasteiger partial charge is 0.212 e. The molecule has 0 spiro atoms. The highest BCUT2D eigenvalue weighted by atomic mass is 16.5. The lowest BCUT2D eigenvalue weighted by Gasteiger charge is -1.99. The Kier molecular flexibility index (Phi) is 2.29. The molecule has 0 amide bonds. The summed E-state index contributed by atoms with van der Waals surface area (Å²) in [4.78, 5) is 7.54. The summed E-state index contributed by atoms with van der Waals surface area (Å²) >= 11 is 0. The monoisotopic (exact) mass is 223 g/mol. The SMILES string of the molecule is COc1ccc(-c2cc3c[c]ccc3[nH]2)cn1. The highest BCUT2D eigenvalue weighted by molar-refractivity contribution is 5.85. The van der Waals surface area contributed by atoms with Gasteiger partial charge >= 0.3 is 0 Å². The van der Waals surface area contributed by atoms with Crippen LogP contribution >= 0.6 is 0 Å². The third-order valence-corrected chi connectivity index (χ3v) is 2.72. The number of aromatic nitrogens is 2. The molecule has 3 aromatic rings. The van der Waals surface area contributed by atoms with Gasteiger partial charge in [-0.2, -0.15) is 0 Å². The highest BCUT2D eigenvalue weighted by Crippen LogP contribution is 2.24. The molecule has 3 nitrogen and oxygen atoms in total. The van der Waals surface area contributed by atoms with Crippen LogP contribution in [0.2, 0.25) is 0 Å². The number of fused-ring (bicyclic) bond motifs is 1. The van der Waals surface area contributed by atoms with E-state index in [-0.39, 0.29) is 0 Å². The zero-order chi connectivity index (χ0) is 11.7. The molecule has 0 atom stereocenters. The number of hydrogen-bond donors (Lipinski definition) is 1. The molecule has 1 aromatic carbocycles. The lowest BCUT2D eigenvalue weighted by molar-refractivity contribution is 0.398. The van der Waals surface area contributed by atoms with Gasteiger partial charge < -0.3 is 9.72 Å². The van der Waals surface area contributed by atoms with Gasteiger partial charge in [-0.25, -0.2) is 4.98 Å². The molecule has 17 heavy (non-hydrogen) atoms. The minimum absolute atomic E-state index is 0.623. The van der Waals surface area contributed by atoms with E-state index in [0.29, 0.717) is 5.88 Å². The van der Waals surface area contributed by atoms with Crippen molar-refractivity contribution in [1.82, 2.24) is 9.97 Å². The number of nitrogens with one attached hydrogen (secondary N) is 1. The Balaban J connectivity index is 2.07. The highest BCUT2D eigenvalue weighted by Gasteiger charge is 2.03. The van der Waals surface area contributed by atoms with Gasteiger partial charge in [0, 0.05) is 34.4 Å². The lowest BCUT2D eigenvalue weighted by Crippen LogP contribution is -1.86. The van der Waals surface area contributed by atoms with Crippen LogP contribution in [0.15, 0.2) is 42.6 Å². The van der Waals surface area contributed by atoms with Gasteiger partial charge in [-0.3, -0.25) is 0 Å². The van der Waals surface area contributed by atoms with Gasteiger partial charge in [0.05, 0.1) is 7.11 Å². The average Bonchev–Trinajstić information content (AvgIpc) is 2.82. The summed E-state index contributed by atoms with van der Waals surface area (Å²) in [5, 5.41) is 1.15. The first-order valence-corrected chi connectivity index (χ1v) is 5.36. The zero-order valence-electron chi connectivity index (χ0n) is 9.40. The molecule has 3 rings (SSSR count). The molecule has 0 aliphatic heterocycles. The second-order valence-electron chi connectivity index (χ2n) is 3.79. The minimum Gasteiger partial charge on any atom is -0.481 e. The maximum absolute atomic E-state index is 5.04. The van der Waals surface area contributed by atoms with E-state index in [2.05, 4.69) is 22.1 Å². The Hall–Kier alpha value is -2.29. The van der Waals surface area contributed by atoms with E-state index in [9.17, 15) is 0 Å². The second kappa shape index (κ2) is 3.94. The van der Waals surface area contributed by atoms with Crippen LogP contribution in [0.1, 0.15) is 0 Å². The zero-order valence-corrected chi connectivity index (χ0v) is 9.40. The van der Waals surface area contributed by atoms with Crippen molar-refractivity contribution in [2.75, 3.05) is 7.11 Å². The molecule has 0 fully saturated rings. The Morgan fingerprint density at radius 2 is 2.24 bits per heavy atom. The fourth-order valence-electron chi connectivity index (χ4n) is 1.83. The third kappa shape index (κ3) is 1.76. The fourth-order valence-corrected chi connectivity index (χ4v) is 1.83. The molecule has 0 saturated heterocycles. The Bertz CT molecular complexity index is 608. The van der Waals surface area contributed by atoms with E-state index in [0.717, 1.165) is 22.2 Å². The van der Waals surface area contributed by atoms with Gasteiger partial charge in [0.2, 0.25) is 5.88 Å². The minimum atomic E-state index is 0.623. The number of benzene rings is 1. The van der Waals surface area contributed by atoms with Gasteiger partial charge in [-0.05, 0) is 30.3 Å². The molecule has 0 aliphatic rings. The normalized spacial score (nSPS) is 10.6. The van der Waals surface area contributed by atoms with Crippen molar-refractivity contribution in [2.24, 2.45) is 0 Å². The quantitative estimate of drug-likeness (QED) is 0.725. The first kappa shape index (κ1) is 9.90. The van der Waals surface area contributed by atoms with Gasteiger partial charge in [0.1, 0.15) is 0 Å².